The molecule has 0 aliphatic carbocycles. The topological polar surface area (TPSA) is 89.1 Å². The molecule has 6 heteroatoms. The predicted octanol–water partition coefficient (Wildman–Crippen LogP) is 1.98. The number of carbonyl (C=O) groups is 1. The van der Waals surface area contributed by atoms with E-state index in [4.69, 9.17) is 9.52 Å². The third-order valence-corrected chi connectivity index (χ3v) is 2.51. The summed E-state index contributed by atoms with van der Waals surface area (Å²) in [6.45, 7) is 0. The minimum atomic E-state index is -1.20. The van der Waals surface area contributed by atoms with Gasteiger partial charge in [0.15, 0.2) is 0 Å². The third kappa shape index (κ3) is 1.60. The lowest BCUT2D eigenvalue weighted by atomic mass is 10.1. The van der Waals surface area contributed by atoms with Crippen LogP contribution in [0.3, 0.4) is 0 Å². The molecule has 1 aromatic carbocycles. The van der Waals surface area contributed by atoms with E-state index in [9.17, 15) is 4.79 Å². The van der Waals surface area contributed by atoms with Crippen LogP contribution in [-0.2, 0) is 0 Å². The number of para-hydroxylation sites is 1. The number of hydrogen-bond donors (Lipinski definition) is 1. The average Bonchev–Trinajstić information content (AvgIpc) is 2.82. The van der Waals surface area contributed by atoms with E-state index in [1.54, 1.807) is 6.26 Å². The van der Waals surface area contributed by atoms with Crippen molar-refractivity contribution in [3.8, 4) is 11.3 Å². The maximum atomic E-state index is 10.6. The normalized spacial score (nSPS) is 10.7. The summed E-state index contributed by atoms with van der Waals surface area (Å²) in [4.78, 5) is 14.4. The molecular formula is C12H7N3O3. The number of benzene rings is 1. The Bertz CT molecular complexity index is 719. The van der Waals surface area contributed by atoms with Gasteiger partial charge in [0.1, 0.15) is 17.5 Å². The highest BCUT2D eigenvalue weighted by Gasteiger charge is 2.12. The number of aromatic nitrogens is 3. The van der Waals surface area contributed by atoms with Gasteiger partial charge in [-0.15, -0.1) is 10.2 Å². The zero-order valence-electron chi connectivity index (χ0n) is 9.07. The van der Waals surface area contributed by atoms with Gasteiger partial charge in [-0.05, 0) is 6.07 Å². The largest absolute Gasteiger partial charge is 0.475 e. The Morgan fingerprint density at radius 2 is 2.06 bits per heavy atom. The van der Waals surface area contributed by atoms with Gasteiger partial charge in [-0.1, -0.05) is 18.2 Å². The maximum absolute atomic E-state index is 10.6. The lowest BCUT2D eigenvalue weighted by molar-refractivity contribution is 0.0682. The SMILES string of the molecule is O=C(O)c1ncc(-c2coc3ccccc23)nn1. The highest BCUT2D eigenvalue weighted by atomic mass is 16.4. The molecule has 0 fully saturated rings. The monoisotopic (exact) mass is 241 g/mol. The molecule has 0 unspecified atom stereocenters. The molecule has 0 aliphatic heterocycles. The molecule has 0 radical (unpaired) electrons. The Hall–Kier alpha value is -2.76. The molecule has 0 saturated heterocycles. The van der Waals surface area contributed by atoms with Crippen LogP contribution in [0.25, 0.3) is 22.2 Å². The van der Waals surface area contributed by atoms with E-state index in [1.165, 1.54) is 6.20 Å². The minimum Gasteiger partial charge on any atom is -0.475 e. The van der Waals surface area contributed by atoms with E-state index < -0.39 is 5.97 Å². The van der Waals surface area contributed by atoms with Crippen LogP contribution < -0.4 is 0 Å². The highest BCUT2D eigenvalue weighted by molar-refractivity contribution is 5.92. The van der Waals surface area contributed by atoms with Crippen molar-refractivity contribution in [2.24, 2.45) is 0 Å². The van der Waals surface area contributed by atoms with Gasteiger partial charge in [-0.2, -0.15) is 0 Å². The van der Waals surface area contributed by atoms with Gasteiger partial charge < -0.3 is 9.52 Å². The Morgan fingerprint density at radius 1 is 1.22 bits per heavy atom. The van der Waals surface area contributed by atoms with Crippen molar-refractivity contribution in [1.82, 2.24) is 15.2 Å². The Labute approximate surface area is 101 Å². The fourth-order valence-electron chi connectivity index (χ4n) is 1.67. The summed E-state index contributed by atoms with van der Waals surface area (Å²) in [5.74, 6) is -1.53. The van der Waals surface area contributed by atoms with Gasteiger partial charge >= 0.3 is 5.97 Å². The molecule has 2 aromatic heterocycles. The van der Waals surface area contributed by atoms with Crippen LogP contribution >= 0.6 is 0 Å². The van der Waals surface area contributed by atoms with E-state index in [0.717, 1.165) is 16.5 Å². The molecule has 0 saturated carbocycles. The summed E-state index contributed by atoms with van der Waals surface area (Å²) in [5.41, 5.74) is 1.95. The molecule has 0 spiro atoms. The van der Waals surface area contributed by atoms with Crippen LogP contribution in [-0.4, -0.2) is 26.3 Å². The maximum Gasteiger partial charge on any atom is 0.375 e. The predicted molar refractivity (Wildman–Crippen MR) is 62.0 cm³/mol. The first-order chi connectivity index (χ1) is 8.75. The summed E-state index contributed by atoms with van der Waals surface area (Å²) < 4.78 is 5.37. The van der Waals surface area contributed by atoms with Gasteiger partial charge in [-0.25, -0.2) is 9.78 Å². The second-order valence-corrected chi connectivity index (χ2v) is 3.62. The molecule has 0 amide bonds. The summed E-state index contributed by atoms with van der Waals surface area (Å²) in [7, 11) is 0. The van der Waals surface area contributed by atoms with Gasteiger partial charge in [-0.3, -0.25) is 0 Å². The van der Waals surface area contributed by atoms with Crippen LogP contribution in [0.15, 0.2) is 41.1 Å². The third-order valence-electron chi connectivity index (χ3n) is 2.51. The first kappa shape index (κ1) is 10.4. The second kappa shape index (κ2) is 3.92. The average molecular weight is 241 g/mol. The van der Waals surface area contributed by atoms with Crippen molar-refractivity contribution < 1.29 is 14.3 Å². The summed E-state index contributed by atoms with van der Waals surface area (Å²) >= 11 is 0. The number of nitrogens with zero attached hydrogens (tertiary/aromatic N) is 3. The van der Waals surface area contributed by atoms with E-state index in [1.807, 2.05) is 24.3 Å². The van der Waals surface area contributed by atoms with Crippen LogP contribution in [0.5, 0.6) is 0 Å². The molecule has 88 valence electrons. The molecule has 1 N–H and O–H groups in total. The fourth-order valence-corrected chi connectivity index (χ4v) is 1.67. The van der Waals surface area contributed by atoms with Crippen molar-refractivity contribution in [3.05, 3.63) is 42.5 Å². The number of fused-ring (bicyclic) bond motifs is 1. The second-order valence-electron chi connectivity index (χ2n) is 3.62. The first-order valence-electron chi connectivity index (χ1n) is 5.15. The Kier molecular flexibility index (Phi) is 2.26. The van der Waals surface area contributed by atoms with Crippen molar-refractivity contribution in [2.75, 3.05) is 0 Å². The fraction of sp³-hybridized carbons (Fsp3) is 0. The van der Waals surface area contributed by atoms with Crippen molar-refractivity contribution >= 4 is 16.9 Å². The molecule has 3 aromatic rings. The number of aromatic carboxylic acids is 1. The number of carboxylic acid groups (broad SMARTS) is 1. The summed E-state index contributed by atoms with van der Waals surface area (Å²) in [6, 6.07) is 7.48. The lowest BCUT2D eigenvalue weighted by Crippen LogP contribution is -2.05. The molecular weight excluding hydrogens is 234 g/mol. The molecule has 0 atom stereocenters. The van der Waals surface area contributed by atoms with Gasteiger partial charge in [0.2, 0.25) is 0 Å². The Morgan fingerprint density at radius 3 is 2.78 bits per heavy atom. The molecule has 3 rings (SSSR count). The van der Waals surface area contributed by atoms with Gasteiger partial charge in [0.25, 0.3) is 5.82 Å². The van der Waals surface area contributed by atoms with E-state index >= 15 is 0 Å². The molecule has 2 heterocycles. The first-order valence-corrected chi connectivity index (χ1v) is 5.15. The smallest absolute Gasteiger partial charge is 0.375 e. The van der Waals surface area contributed by atoms with Crippen molar-refractivity contribution in [1.29, 1.82) is 0 Å². The van der Waals surface area contributed by atoms with E-state index in [-0.39, 0.29) is 5.82 Å². The molecule has 6 nitrogen and oxygen atoms in total. The highest BCUT2D eigenvalue weighted by Crippen LogP contribution is 2.28. The summed E-state index contributed by atoms with van der Waals surface area (Å²) in [5, 5.41) is 17.0. The van der Waals surface area contributed by atoms with Crippen molar-refractivity contribution in [2.45, 2.75) is 0 Å². The Balaban J connectivity index is 2.12. The van der Waals surface area contributed by atoms with Crippen LogP contribution in [0.2, 0.25) is 0 Å². The van der Waals surface area contributed by atoms with Crippen LogP contribution in [0.4, 0.5) is 0 Å². The summed E-state index contributed by atoms with van der Waals surface area (Å²) in [6.07, 6.45) is 2.92. The number of hydrogen-bond acceptors (Lipinski definition) is 5. The minimum absolute atomic E-state index is 0.327. The number of rotatable bonds is 2. The quantitative estimate of drug-likeness (QED) is 0.737. The van der Waals surface area contributed by atoms with E-state index in [2.05, 4.69) is 15.2 Å². The van der Waals surface area contributed by atoms with Crippen LogP contribution in [0.1, 0.15) is 10.6 Å². The zero-order valence-corrected chi connectivity index (χ0v) is 9.07. The standard InChI is InChI=1S/C12H7N3O3/c16-12(17)11-13-5-9(14-15-11)8-6-18-10-4-2-1-3-7(8)10/h1-6H,(H,16,17). The molecule has 0 aliphatic rings. The zero-order chi connectivity index (χ0) is 12.5. The molecule has 18 heavy (non-hydrogen) atoms. The lowest BCUT2D eigenvalue weighted by Gasteiger charge is -1.96. The number of furan rings is 1. The number of carboxylic acids is 1. The van der Waals surface area contributed by atoms with Crippen molar-refractivity contribution in [3.63, 3.8) is 0 Å². The van der Waals surface area contributed by atoms with Crippen LogP contribution in [0, 0.1) is 0 Å². The van der Waals surface area contributed by atoms with Gasteiger partial charge in [0.05, 0.1) is 6.20 Å². The van der Waals surface area contributed by atoms with Gasteiger partial charge in [0, 0.05) is 10.9 Å². The van der Waals surface area contributed by atoms with E-state index in [0.29, 0.717) is 5.69 Å². The molecule has 0 bridgehead atoms.